The van der Waals surface area contributed by atoms with Crippen LogP contribution in [0.1, 0.15) is 45.9 Å². The second kappa shape index (κ2) is 9.27. The van der Waals surface area contributed by atoms with E-state index in [2.05, 4.69) is 10.6 Å². The van der Waals surface area contributed by atoms with Crippen molar-refractivity contribution in [2.45, 2.75) is 45.9 Å². The van der Waals surface area contributed by atoms with E-state index in [9.17, 15) is 29.0 Å². The lowest BCUT2D eigenvalue weighted by molar-refractivity contribution is -0.146. The summed E-state index contributed by atoms with van der Waals surface area (Å²) in [6.45, 7) is 5.94. The number of carbonyl (C=O) groups excluding carboxylic acids is 2. The number of rotatable bonds is 7. The quantitative estimate of drug-likeness (QED) is 0.444. The molecule has 0 spiro atoms. The van der Waals surface area contributed by atoms with Crippen molar-refractivity contribution in [1.82, 2.24) is 9.88 Å². The zero-order chi connectivity index (χ0) is 23.6. The largest absolute Gasteiger partial charge is 0.480 e. The summed E-state index contributed by atoms with van der Waals surface area (Å²) in [6.07, 6.45) is -3.16. The number of amides is 2. The summed E-state index contributed by atoms with van der Waals surface area (Å²) in [5.74, 6) is -3.40. The van der Waals surface area contributed by atoms with Gasteiger partial charge in [-0.15, -0.1) is 0 Å². The Hall–Kier alpha value is -3.24. The Morgan fingerprint density at radius 2 is 1.74 bits per heavy atom. The number of nitrogens with one attached hydrogen (secondary N) is 2. The number of hydrogen-bond donors (Lipinski definition) is 5. The van der Waals surface area contributed by atoms with Gasteiger partial charge in [-0.1, -0.05) is 0 Å². The number of carboxylic acids is 1. The summed E-state index contributed by atoms with van der Waals surface area (Å²) in [4.78, 5) is 36.5. The van der Waals surface area contributed by atoms with Crippen molar-refractivity contribution in [1.29, 1.82) is 0 Å². The second-order valence-corrected chi connectivity index (χ2v) is 7.42. The molecule has 0 aliphatic carbocycles. The van der Waals surface area contributed by atoms with Gasteiger partial charge in [0.2, 0.25) is 0 Å². The molecule has 0 radical (unpaired) electrons. The van der Waals surface area contributed by atoms with E-state index >= 15 is 0 Å². The maximum absolute atomic E-state index is 13.5. The smallest absolute Gasteiger partial charge is 0.328 e. The van der Waals surface area contributed by atoms with Gasteiger partial charge in [-0.2, -0.15) is 0 Å². The van der Waals surface area contributed by atoms with Crippen LogP contribution in [0.15, 0.2) is 18.2 Å². The summed E-state index contributed by atoms with van der Waals surface area (Å²) in [7, 11) is 1.55. The molecule has 0 saturated heterocycles. The Kier molecular flexibility index (Phi) is 7.19. The molecule has 0 saturated carbocycles. The number of benzene rings is 1. The molecular weight excluding hydrogens is 409 g/mol. The van der Waals surface area contributed by atoms with E-state index in [4.69, 9.17) is 5.11 Å². The highest BCUT2D eigenvalue weighted by Crippen LogP contribution is 2.28. The van der Waals surface area contributed by atoms with E-state index in [0.29, 0.717) is 22.5 Å². The Morgan fingerprint density at radius 1 is 1.13 bits per heavy atom. The van der Waals surface area contributed by atoms with Crippen molar-refractivity contribution in [3.63, 3.8) is 0 Å². The number of aromatic nitrogens is 1. The van der Waals surface area contributed by atoms with Crippen LogP contribution < -0.4 is 10.6 Å². The number of aliphatic hydroxyl groups is 2. The molecule has 2 amide bonds. The van der Waals surface area contributed by atoms with Gasteiger partial charge in [0.1, 0.15) is 5.82 Å². The standard InChI is InChI=1S/C21H26FN3O6/c1-9-8-13(6-7-14(9)22)23-19(28)15-10(2)17(25(5)11(15)3)18(27)20(29)24-16(12(4)26)21(30)31/h6-8,12,16,18,26-27H,1-5H3,(H,23,28)(H,24,29)(H,30,31)/t12-,16-,18?/m0/s1. The van der Waals surface area contributed by atoms with Crippen LogP contribution in [-0.4, -0.2) is 49.8 Å². The zero-order valence-corrected chi connectivity index (χ0v) is 17.9. The molecule has 1 aromatic carbocycles. The normalized spacial score (nSPS) is 13.9. The lowest BCUT2D eigenvalue weighted by Gasteiger charge is -2.20. The Balaban J connectivity index is 2.34. The number of carbonyl (C=O) groups is 3. The average Bonchev–Trinajstić information content (AvgIpc) is 2.90. The third-order valence-electron chi connectivity index (χ3n) is 5.18. The zero-order valence-electron chi connectivity index (χ0n) is 17.9. The number of aliphatic carboxylic acids is 1. The predicted octanol–water partition coefficient (Wildman–Crippen LogP) is 1.33. The molecule has 1 unspecified atom stereocenters. The van der Waals surface area contributed by atoms with Crippen LogP contribution in [0.2, 0.25) is 0 Å². The Labute approximate surface area is 178 Å². The van der Waals surface area contributed by atoms with Crippen LogP contribution in [0, 0.1) is 26.6 Å². The molecule has 0 aliphatic rings. The second-order valence-electron chi connectivity index (χ2n) is 7.42. The number of nitrogens with zero attached hydrogens (tertiary/aromatic N) is 1. The third kappa shape index (κ3) is 4.92. The first kappa shape index (κ1) is 24.0. The van der Waals surface area contributed by atoms with Gasteiger partial charge in [-0.3, -0.25) is 9.59 Å². The fraction of sp³-hybridized carbons (Fsp3) is 0.381. The highest BCUT2D eigenvalue weighted by Gasteiger charge is 2.32. The topological polar surface area (TPSA) is 141 Å². The first-order valence-electron chi connectivity index (χ1n) is 9.49. The van der Waals surface area contributed by atoms with Crippen molar-refractivity contribution < 1.29 is 34.1 Å². The van der Waals surface area contributed by atoms with Crippen molar-refractivity contribution in [3.8, 4) is 0 Å². The SMILES string of the molecule is Cc1cc(NC(=O)c2c(C)c(C(O)C(=O)N[C@H](C(=O)O)[C@H](C)O)n(C)c2C)ccc1F. The minimum absolute atomic E-state index is 0.102. The van der Waals surface area contributed by atoms with E-state index in [1.165, 1.54) is 29.7 Å². The fourth-order valence-corrected chi connectivity index (χ4v) is 3.38. The molecule has 2 aromatic rings. The van der Waals surface area contributed by atoms with Gasteiger partial charge >= 0.3 is 5.97 Å². The van der Waals surface area contributed by atoms with Crippen LogP contribution in [0.25, 0.3) is 0 Å². The molecule has 10 heteroatoms. The van der Waals surface area contributed by atoms with E-state index in [1.54, 1.807) is 27.8 Å². The minimum Gasteiger partial charge on any atom is -0.480 e. The molecule has 0 fully saturated rings. The number of aliphatic hydroxyl groups excluding tert-OH is 2. The van der Waals surface area contributed by atoms with Crippen molar-refractivity contribution in [2.24, 2.45) is 7.05 Å². The molecule has 0 bridgehead atoms. The fourth-order valence-electron chi connectivity index (χ4n) is 3.38. The molecule has 168 valence electrons. The molecule has 5 N–H and O–H groups in total. The van der Waals surface area contributed by atoms with Crippen molar-refractivity contribution in [2.75, 3.05) is 5.32 Å². The first-order chi connectivity index (χ1) is 14.4. The van der Waals surface area contributed by atoms with Gasteiger partial charge in [0, 0.05) is 18.4 Å². The number of carboxylic acid groups (broad SMARTS) is 1. The van der Waals surface area contributed by atoms with Crippen LogP contribution in [0.4, 0.5) is 10.1 Å². The van der Waals surface area contributed by atoms with Crippen LogP contribution >= 0.6 is 0 Å². The highest BCUT2D eigenvalue weighted by atomic mass is 19.1. The Morgan fingerprint density at radius 3 is 2.26 bits per heavy atom. The molecule has 0 aliphatic heterocycles. The van der Waals surface area contributed by atoms with Gasteiger partial charge in [0.25, 0.3) is 11.8 Å². The maximum atomic E-state index is 13.5. The van der Waals surface area contributed by atoms with Crippen LogP contribution in [0.3, 0.4) is 0 Å². The number of halogens is 1. The van der Waals surface area contributed by atoms with Gasteiger partial charge in [-0.25, -0.2) is 9.18 Å². The molecule has 31 heavy (non-hydrogen) atoms. The van der Waals surface area contributed by atoms with Crippen molar-refractivity contribution in [3.05, 3.63) is 52.1 Å². The molecule has 1 heterocycles. The van der Waals surface area contributed by atoms with Crippen LogP contribution in [0.5, 0.6) is 0 Å². The summed E-state index contributed by atoms with van der Waals surface area (Å²) < 4.78 is 14.9. The van der Waals surface area contributed by atoms with Crippen molar-refractivity contribution >= 4 is 23.5 Å². The monoisotopic (exact) mass is 435 g/mol. The van der Waals surface area contributed by atoms with E-state index in [-0.39, 0.29) is 11.3 Å². The lowest BCUT2D eigenvalue weighted by Crippen LogP contribution is -2.49. The summed E-state index contributed by atoms with van der Waals surface area (Å²) in [6, 6.07) is 2.52. The van der Waals surface area contributed by atoms with Gasteiger partial charge in [0.05, 0.1) is 17.4 Å². The number of anilines is 1. The molecule has 1 aromatic heterocycles. The number of aryl methyl sites for hydroxylation is 1. The molecule has 2 rings (SSSR count). The summed E-state index contributed by atoms with van der Waals surface area (Å²) in [5.41, 5.74) is 1.84. The van der Waals surface area contributed by atoms with E-state index in [0.717, 1.165) is 0 Å². The summed E-state index contributed by atoms with van der Waals surface area (Å²) in [5, 5.41) is 34.0. The molecule has 9 nitrogen and oxygen atoms in total. The third-order valence-corrected chi connectivity index (χ3v) is 5.18. The lowest BCUT2D eigenvalue weighted by atomic mass is 10.1. The van der Waals surface area contributed by atoms with Crippen LogP contribution in [-0.2, 0) is 16.6 Å². The predicted molar refractivity (Wildman–Crippen MR) is 110 cm³/mol. The summed E-state index contributed by atoms with van der Waals surface area (Å²) >= 11 is 0. The first-order valence-corrected chi connectivity index (χ1v) is 9.49. The minimum atomic E-state index is -1.78. The van der Waals surface area contributed by atoms with Gasteiger partial charge < -0.3 is 30.5 Å². The highest BCUT2D eigenvalue weighted by molar-refractivity contribution is 6.06. The molecular formula is C21H26FN3O6. The van der Waals surface area contributed by atoms with E-state index in [1.807, 2.05) is 0 Å². The maximum Gasteiger partial charge on any atom is 0.328 e. The molecule has 3 atom stereocenters. The number of hydrogen-bond acceptors (Lipinski definition) is 5. The van der Waals surface area contributed by atoms with Gasteiger partial charge in [0.15, 0.2) is 12.1 Å². The van der Waals surface area contributed by atoms with E-state index < -0.39 is 41.9 Å². The average molecular weight is 435 g/mol. The Bertz CT molecular complexity index is 1030. The van der Waals surface area contributed by atoms with Gasteiger partial charge in [-0.05, 0) is 57.0 Å².